The quantitative estimate of drug-likeness (QED) is 0.724. The highest BCUT2D eigenvalue weighted by Gasteiger charge is 2.05. The Kier molecular flexibility index (Phi) is 5.18. The number of amides is 1. The first kappa shape index (κ1) is 14.6. The zero-order valence-corrected chi connectivity index (χ0v) is 12.0. The zero-order valence-electron chi connectivity index (χ0n) is 12.0. The monoisotopic (exact) mass is 273 g/mol. The number of carbonyl (C=O) groups is 1. The third-order valence-corrected chi connectivity index (χ3v) is 3.45. The van der Waals surface area contributed by atoms with Crippen LogP contribution < -0.4 is 11.1 Å². The molecule has 2 aromatic rings. The molecule has 0 radical (unpaired) electrons. The number of nitrogens with two attached hydrogens (primary N) is 1. The molecule has 0 fully saturated rings. The smallest absolute Gasteiger partial charge is 0.220 e. The van der Waals surface area contributed by atoms with Gasteiger partial charge in [-0.05, 0) is 37.8 Å². The van der Waals surface area contributed by atoms with E-state index in [4.69, 9.17) is 5.73 Å². The zero-order chi connectivity index (χ0) is 14.4. The molecule has 1 atom stereocenters. The highest BCUT2D eigenvalue weighted by Crippen LogP contribution is 2.17. The number of carbonyl (C=O) groups excluding carboxylic acids is 1. The molecule has 20 heavy (non-hydrogen) atoms. The van der Waals surface area contributed by atoms with Gasteiger partial charge in [0.05, 0.1) is 0 Å². The van der Waals surface area contributed by atoms with Crippen molar-refractivity contribution in [2.45, 2.75) is 38.6 Å². The maximum Gasteiger partial charge on any atom is 0.220 e. The first-order valence-electron chi connectivity index (χ1n) is 7.24. The molecule has 0 bridgehead atoms. The van der Waals surface area contributed by atoms with Gasteiger partial charge in [0.2, 0.25) is 5.91 Å². The van der Waals surface area contributed by atoms with E-state index in [-0.39, 0.29) is 11.9 Å². The first-order valence-corrected chi connectivity index (χ1v) is 7.24. The van der Waals surface area contributed by atoms with Gasteiger partial charge in [-0.1, -0.05) is 18.2 Å². The summed E-state index contributed by atoms with van der Waals surface area (Å²) in [6, 6.07) is 8.39. The van der Waals surface area contributed by atoms with Gasteiger partial charge < -0.3 is 16.0 Å². The Hall–Kier alpha value is -1.81. The predicted molar refractivity (Wildman–Crippen MR) is 82.5 cm³/mol. The molecule has 0 saturated carbocycles. The number of H-pyrrole nitrogens is 1. The minimum atomic E-state index is 0.116. The normalized spacial score (nSPS) is 12.5. The molecule has 0 saturated heterocycles. The van der Waals surface area contributed by atoms with Crippen LogP contribution in [0.2, 0.25) is 0 Å². The van der Waals surface area contributed by atoms with Gasteiger partial charge in [0, 0.05) is 36.1 Å². The van der Waals surface area contributed by atoms with Crippen LogP contribution >= 0.6 is 0 Å². The van der Waals surface area contributed by atoms with Crippen LogP contribution in [0, 0.1) is 0 Å². The number of benzene rings is 1. The Morgan fingerprint density at radius 3 is 3.00 bits per heavy atom. The molecule has 1 amide bonds. The Morgan fingerprint density at radius 2 is 2.20 bits per heavy atom. The number of hydrogen-bond acceptors (Lipinski definition) is 2. The van der Waals surface area contributed by atoms with Gasteiger partial charge in [0.1, 0.15) is 0 Å². The molecule has 0 spiro atoms. The van der Waals surface area contributed by atoms with Crippen molar-refractivity contribution in [1.29, 1.82) is 0 Å². The molecule has 1 unspecified atom stereocenters. The van der Waals surface area contributed by atoms with Gasteiger partial charge in [-0.15, -0.1) is 0 Å². The molecule has 108 valence electrons. The van der Waals surface area contributed by atoms with Gasteiger partial charge in [0.25, 0.3) is 0 Å². The lowest BCUT2D eigenvalue weighted by molar-refractivity contribution is -0.121. The number of aromatic amines is 1. The lowest BCUT2D eigenvalue weighted by Gasteiger charge is -2.06. The molecule has 1 heterocycles. The summed E-state index contributed by atoms with van der Waals surface area (Å²) in [4.78, 5) is 14.9. The molecule has 1 aromatic heterocycles. The molecule has 0 aliphatic carbocycles. The summed E-state index contributed by atoms with van der Waals surface area (Å²) in [7, 11) is 0. The van der Waals surface area contributed by atoms with Gasteiger partial charge in [-0.2, -0.15) is 0 Å². The molecular formula is C16H23N3O. The fraction of sp³-hybridized carbons (Fsp3) is 0.438. The fourth-order valence-corrected chi connectivity index (χ4v) is 2.35. The van der Waals surface area contributed by atoms with Gasteiger partial charge >= 0.3 is 0 Å². The Labute approximate surface area is 119 Å². The molecule has 1 aromatic carbocycles. The van der Waals surface area contributed by atoms with Crippen molar-refractivity contribution in [2.24, 2.45) is 5.73 Å². The minimum Gasteiger partial charge on any atom is -0.361 e. The van der Waals surface area contributed by atoms with E-state index in [1.54, 1.807) is 0 Å². The molecular weight excluding hydrogens is 250 g/mol. The van der Waals surface area contributed by atoms with Crippen molar-refractivity contribution < 1.29 is 4.79 Å². The number of rotatable bonds is 7. The van der Waals surface area contributed by atoms with E-state index in [1.807, 2.05) is 25.3 Å². The van der Waals surface area contributed by atoms with Crippen molar-refractivity contribution in [3.63, 3.8) is 0 Å². The maximum atomic E-state index is 11.7. The van der Waals surface area contributed by atoms with E-state index < -0.39 is 0 Å². The van der Waals surface area contributed by atoms with Gasteiger partial charge in [-0.25, -0.2) is 0 Å². The summed E-state index contributed by atoms with van der Waals surface area (Å²) < 4.78 is 0. The highest BCUT2D eigenvalue weighted by molar-refractivity contribution is 5.83. The van der Waals surface area contributed by atoms with Crippen molar-refractivity contribution in [1.82, 2.24) is 10.3 Å². The average Bonchev–Trinajstić information content (AvgIpc) is 2.82. The largest absolute Gasteiger partial charge is 0.361 e. The molecule has 4 nitrogen and oxygen atoms in total. The van der Waals surface area contributed by atoms with E-state index in [0.29, 0.717) is 13.0 Å². The third-order valence-electron chi connectivity index (χ3n) is 3.45. The number of nitrogens with one attached hydrogen (secondary N) is 2. The van der Waals surface area contributed by atoms with Gasteiger partial charge in [0.15, 0.2) is 0 Å². The first-order chi connectivity index (χ1) is 9.66. The van der Waals surface area contributed by atoms with Crippen LogP contribution in [0.1, 0.15) is 31.7 Å². The fourth-order valence-electron chi connectivity index (χ4n) is 2.35. The number of aromatic nitrogens is 1. The summed E-state index contributed by atoms with van der Waals surface area (Å²) in [5, 5.41) is 4.20. The van der Waals surface area contributed by atoms with E-state index in [0.717, 1.165) is 24.8 Å². The number of hydrogen-bond donors (Lipinski definition) is 3. The summed E-state index contributed by atoms with van der Waals surface area (Å²) in [5.74, 6) is 0.116. The highest BCUT2D eigenvalue weighted by atomic mass is 16.1. The summed E-state index contributed by atoms with van der Waals surface area (Å²) >= 11 is 0. The molecule has 4 heteroatoms. The number of para-hydroxylation sites is 1. The summed E-state index contributed by atoms with van der Waals surface area (Å²) in [6.45, 7) is 2.65. The second kappa shape index (κ2) is 7.10. The van der Waals surface area contributed by atoms with Crippen LogP contribution in [0.3, 0.4) is 0 Å². The third kappa shape index (κ3) is 4.10. The van der Waals surface area contributed by atoms with Crippen molar-refractivity contribution in [2.75, 3.05) is 6.54 Å². The maximum absolute atomic E-state index is 11.7. The predicted octanol–water partition coefficient (Wildman–Crippen LogP) is 2.34. The van der Waals surface area contributed by atoms with E-state index in [1.165, 1.54) is 10.9 Å². The van der Waals surface area contributed by atoms with Crippen LogP contribution in [0.4, 0.5) is 0 Å². The van der Waals surface area contributed by atoms with E-state index in [2.05, 4.69) is 22.4 Å². The van der Waals surface area contributed by atoms with Crippen LogP contribution in [0.15, 0.2) is 30.5 Å². The lowest BCUT2D eigenvalue weighted by atomic mass is 10.1. The molecule has 4 N–H and O–H groups in total. The second-order valence-electron chi connectivity index (χ2n) is 5.33. The second-order valence-corrected chi connectivity index (χ2v) is 5.33. The van der Waals surface area contributed by atoms with Crippen LogP contribution in [-0.2, 0) is 11.2 Å². The average molecular weight is 273 g/mol. The SMILES string of the molecule is CC(N)CCCC(=O)NCCc1c[nH]c2ccccc12. The van der Waals surface area contributed by atoms with Crippen LogP contribution in [0.25, 0.3) is 10.9 Å². The van der Waals surface area contributed by atoms with E-state index in [9.17, 15) is 4.79 Å². The van der Waals surface area contributed by atoms with Crippen molar-refractivity contribution in [3.05, 3.63) is 36.0 Å². The van der Waals surface area contributed by atoms with Gasteiger partial charge in [-0.3, -0.25) is 4.79 Å². The molecule has 0 aliphatic heterocycles. The Balaban J connectivity index is 1.74. The minimum absolute atomic E-state index is 0.116. The topological polar surface area (TPSA) is 70.9 Å². The van der Waals surface area contributed by atoms with Crippen molar-refractivity contribution in [3.8, 4) is 0 Å². The summed E-state index contributed by atoms with van der Waals surface area (Å²) in [6.07, 6.45) is 5.19. The lowest BCUT2D eigenvalue weighted by Crippen LogP contribution is -2.26. The Morgan fingerprint density at radius 1 is 1.40 bits per heavy atom. The van der Waals surface area contributed by atoms with Crippen LogP contribution in [0.5, 0.6) is 0 Å². The van der Waals surface area contributed by atoms with Crippen molar-refractivity contribution >= 4 is 16.8 Å². The standard InChI is InChI=1S/C16H23N3O/c1-12(17)5-4-8-16(20)18-10-9-13-11-19-15-7-3-2-6-14(13)15/h2-3,6-7,11-12,19H,4-5,8-10,17H2,1H3,(H,18,20). The molecule has 2 rings (SSSR count). The van der Waals surface area contributed by atoms with Crippen LogP contribution in [-0.4, -0.2) is 23.5 Å². The molecule has 0 aliphatic rings. The number of fused-ring (bicyclic) bond motifs is 1. The summed E-state index contributed by atoms with van der Waals surface area (Å²) in [5.41, 5.74) is 8.05. The van der Waals surface area contributed by atoms with E-state index >= 15 is 0 Å². The Bertz CT molecular complexity index is 560.